The van der Waals surface area contributed by atoms with Gasteiger partial charge in [-0.15, -0.1) is 0 Å². The smallest absolute Gasteiger partial charge is 0.106 e. The Balaban J connectivity index is 1.73. The maximum atomic E-state index is 5.80. The fourth-order valence-electron chi connectivity index (χ4n) is 2.79. The van der Waals surface area contributed by atoms with Crippen molar-refractivity contribution >= 4 is 22.9 Å². The van der Waals surface area contributed by atoms with E-state index in [1.165, 1.54) is 16.7 Å². The average molecular weight is 282 g/mol. The molecule has 0 heterocycles. The van der Waals surface area contributed by atoms with Gasteiger partial charge in [-0.25, -0.2) is 0 Å². The molecule has 0 aromatic heterocycles. The van der Waals surface area contributed by atoms with Crippen LogP contribution in [0.5, 0.6) is 0 Å². The number of aryl methyl sites for hydroxylation is 1. The summed E-state index contributed by atoms with van der Waals surface area (Å²) in [6.07, 6.45) is 1.15. The van der Waals surface area contributed by atoms with Gasteiger partial charge in [-0.3, -0.25) is 0 Å². The van der Waals surface area contributed by atoms with Crippen molar-refractivity contribution in [2.75, 3.05) is 11.9 Å². The fraction of sp³-hybridized carbons (Fsp3) is 0.235. The molecule has 0 saturated heterocycles. The maximum Gasteiger partial charge on any atom is 0.106 e. The molecule has 3 N–H and O–H groups in total. The predicted octanol–water partition coefficient (Wildman–Crippen LogP) is 3.38. The Bertz CT molecular complexity index is 664. The molecular formula is C17H18N2S. The molecule has 0 fully saturated rings. The summed E-state index contributed by atoms with van der Waals surface area (Å²) in [6.45, 7) is 2.98. The van der Waals surface area contributed by atoms with E-state index in [0.717, 1.165) is 24.2 Å². The summed E-state index contributed by atoms with van der Waals surface area (Å²) in [6, 6.07) is 14.8. The van der Waals surface area contributed by atoms with Gasteiger partial charge in [0.25, 0.3) is 0 Å². The van der Waals surface area contributed by atoms with Crippen molar-refractivity contribution in [1.29, 1.82) is 0 Å². The largest absolute Gasteiger partial charge is 0.389 e. The topological polar surface area (TPSA) is 38.0 Å². The molecule has 20 heavy (non-hydrogen) atoms. The molecule has 0 radical (unpaired) electrons. The van der Waals surface area contributed by atoms with Gasteiger partial charge in [-0.05, 0) is 36.6 Å². The number of hydrogen-bond acceptors (Lipinski definition) is 2. The van der Waals surface area contributed by atoms with Crippen LogP contribution in [0, 0.1) is 6.92 Å². The minimum absolute atomic E-state index is 0.449. The molecule has 1 atom stereocenters. The van der Waals surface area contributed by atoms with Gasteiger partial charge in [-0.2, -0.15) is 0 Å². The van der Waals surface area contributed by atoms with E-state index in [1.807, 2.05) is 13.0 Å². The highest BCUT2D eigenvalue weighted by atomic mass is 32.1. The Kier molecular flexibility index (Phi) is 3.45. The van der Waals surface area contributed by atoms with Crippen LogP contribution in [0.25, 0.3) is 0 Å². The van der Waals surface area contributed by atoms with Gasteiger partial charge in [0, 0.05) is 23.7 Å². The van der Waals surface area contributed by atoms with Crippen molar-refractivity contribution < 1.29 is 0 Å². The number of thiocarbonyl (C=S) groups is 1. The lowest BCUT2D eigenvalue weighted by Crippen LogP contribution is -2.25. The van der Waals surface area contributed by atoms with Crippen LogP contribution in [0.2, 0.25) is 0 Å². The first-order chi connectivity index (χ1) is 9.65. The first-order valence-corrected chi connectivity index (χ1v) is 7.28. The summed E-state index contributed by atoms with van der Waals surface area (Å²) in [5, 5.41) is 3.50. The second-order valence-corrected chi connectivity index (χ2v) is 5.83. The number of benzene rings is 2. The molecular weight excluding hydrogens is 264 g/mol. The summed E-state index contributed by atoms with van der Waals surface area (Å²) in [5.41, 5.74) is 11.9. The molecule has 1 aliphatic rings. The molecule has 2 nitrogen and oxygen atoms in total. The molecule has 3 heteroatoms. The first-order valence-electron chi connectivity index (χ1n) is 6.87. The van der Waals surface area contributed by atoms with Crippen molar-refractivity contribution in [3.05, 3.63) is 64.7 Å². The lowest BCUT2D eigenvalue weighted by atomic mass is 9.77. The van der Waals surface area contributed by atoms with E-state index in [2.05, 4.69) is 41.7 Å². The van der Waals surface area contributed by atoms with E-state index in [0.29, 0.717) is 10.9 Å². The summed E-state index contributed by atoms with van der Waals surface area (Å²) in [7, 11) is 0. The zero-order valence-electron chi connectivity index (χ0n) is 11.5. The van der Waals surface area contributed by atoms with Crippen LogP contribution < -0.4 is 11.1 Å². The molecule has 1 unspecified atom stereocenters. The molecule has 0 aliphatic heterocycles. The maximum absolute atomic E-state index is 5.80. The molecule has 102 valence electrons. The zero-order valence-corrected chi connectivity index (χ0v) is 12.3. The molecule has 0 spiro atoms. The molecule has 0 bridgehead atoms. The van der Waals surface area contributed by atoms with E-state index in [9.17, 15) is 0 Å². The van der Waals surface area contributed by atoms with Crippen LogP contribution >= 0.6 is 12.2 Å². The number of rotatable bonds is 4. The number of nitrogens with two attached hydrogens (primary N) is 1. The van der Waals surface area contributed by atoms with Crippen molar-refractivity contribution in [1.82, 2.24) is 0 Å². The number of fused-ring (bicyclic) bond motifs is 1. The second kappa shape index (κ2) is 5.25. The zero-order chi connectivity index (χ0) is 14.1. The minimum Gasteiger partial charge on any atom is -0.389 e. The monoisotopic (exact) mass is 282 g/mol. The molecule has 0 amide bonds. The van der Waals surface area contributed by atoms with Gasteiger partial charge < -0.3 is 11.1 Å². The third-order valence-electron chi connectivity index (χ3n) is 3.94. The van der Waals surface area contributed by atoms with Crippen LogP contribution in [0.4, 0.5) is 5.69 Å². The Labute approximate surface area is 125 Å². The van der Waals surface area contributed by atoms with Gasteiger partial charge in [0.15, 0.2) is 0 Å². The summed E-state index contributed by atoms with van der Waals surface area (Å²) in [4.78, 5) is 0.449. The van der Waals surface area contributed by atoms with Gasteiger partial charge in [0.05, 0.1) is 0 Å². The minimum atomic E-state index is 0.449. The van der Waals surface area contributed by atoms with Crippen molar-refractivity contribution in [2.45, 2.75) is 19.3 Å². The Morgan fingerprint density at radius 2 is 2.10 bits per heavy atom. The predicted molar refractivity (Wildman–Crippen MR) is 88.4 cm³/mol. The molecule has 0 saturated carbocycles. The summed E-state index contributed by atoms with van der Waals surface area (Å²) >= 11 is 5.13. The van der Waals surface area contributed by atoms with Gasteiger partial charge in [0.2, 0.25) is 0 Å². The number of anilines is 1. The van der Waals surface area contributed by atoms with Crippen LogP contribution in [0.15, 0.2) is 42.5 Å². The molecule has 1 aliphatic carbocycles. The number of hydrogen-bond donors (Lipinski definition) is 2. The highest BCUT2D eigenvalue weighted by molar-refractivity contribution is 7.80. The van der Waals surface area contributed by atoms with E-state index in [-0.39, 0.29) is 0 Å². The third-order valence-corrected chi connectivity index (χ3v) is 4.16. The first kappa shape index (κ1) is 13.1. The van der Waals surface area contributed by atoms with Crippen LogP contribution in [-0.2, 0) is 6.42 Å². The quantitative estimate of drug-likeness (QED) is 0.844. The SMILES string of the molecule is Cc1ccc(NCC2Cc3ccccc32)c(C(N)=S)c1. The second-order valence-electron chi connectivity index (χ2n) is 5.39. The van der Waals surface area contributed by atoms with Gasteiger partial charge in [-0.1, -0.05) is 48.1 Å². The summed E-state index contributed by atoms with van der Waals surface area (Å²) in [5.74, 6) is 0.590. The normalized spacial score (nSPS) is 16.1. The Hall–Kier alpha value is -1.87. The van der Waals surface area contributed by atoms with Crippen LogP contribution in [0.1, 0.15) is 28.2 Å². The van der Waals surface area contributed by atoms with Gasteiger partial charge in [0.1, 0.15) is 4.99 Å². The summed E-state index contributed by atoms with van der Waals surface area (Å²) < 4.78 is 0. The van der Waals surface area contributed by atoms with Crippen molar-refractivity contribution in [2.24, 2.45) is 5.73 Å². The standard InChI is InChI=1S/C17H18N2S/c1-11-6-7-16(15(8-11)17(18)20)19-10-13-9-12-4-2-3-5-14(12)13/h2-8,13,19H,9-10H2,1H3,(H2,18,20). The third kappa shape index (κ3) is 2.41. The lowest BCUT2D eigenvalue weighted by Gasteiger charge is -2.30. The van der Waals surface area contributed by atoms with Gasteiger partial charge >= 0.3 is 0 Å². The highest BCUT2D eigenvalue weighted by Gasteiger charge is 2.25. The van der Waals surface area contributed by atoms with Crippen LogP contribution in [0.3, 0.4) is 0 Å². The van der Waals surface area contributed by atoms with E-state index >= 15 is 0 Å². The van der Waals surface area contributed by atoms with Crippen LogP contribution in [-0.4, -0.2) is 11.5 Å². The Morgan fingerprint density at radius 3 is 2.85 bits per heavy atom. The highest BCUT2D eigenvalue weighted by Crippen LogP contribution is 2.35. The number of nitrogens with one attached hydrogen (secondary N) is 1. The molecule has 2 aromatic rings. The lowest BCUT2D eigenvalue weighted by molar-refractivity contribution is 0.636. The van der Waals surface area contributed by atoms with Crippen molar-refractivity contribution in [3.63, 3.8) is 0 Å². The van der Waals surface area contributed by atoms with E-state index in [4.69, 9.17) is 18.0 Å². The fourth-order valence-corrected chi connectivity index (χ4v) is 2.96. The molecule has 3 rings (SSSR count). The Morgan fingerprint density at radius 1 is 1.30 bits per heavy atom. The van der Waals surface area contributed by atoms with E-state index in [1.54, 1.807) is 0 Å². The molecule has 2 aromatic carbocycles. The van der Waals surface area contributed by atoms with E-state index < -0.39 is 0 Å². The van der Waals surface area contributed by atoms with Crippen molar-refractivity contribution in [3.8, 4) is 0 Å². The average Bonchev–Trinajstić information content (AvgIpc) is 2.41.